The molecule has 0 radical (unpaired) electrons. The minimum atomic E-state index is -2.31. The molecular weight excluding hydrogens is 182 g/mol. The Morgan fingerprint density at radius 1 is 1.14 bits per heavy atom. The van der Waals surface area contributed by atoms with Crippen molar-refractivity contribution in [3.05, 3.63) is 35.9 Å². The standard InChI is InChI=1S/C12H10F2/c13-11(14)12(8-9-12)7-6-10-4-2-1-3-5-10/h1-5,11H,8-9H2. The molecule has 1 fully saturated rings. The van der Waals surface area contributed by atoms with Gasteiger partial charge in [0.15, 0.2) is 0 Å². The maximum atomic E-state index is 12.5. The lowest BCUT2D eigenvalue weighted by Crippen LogP contribution is -2.08. The second-order valence-electron chi connectivity index (χ2n) is 3.57. The van der Waals surface area contributed by atoms with Gasteiger partial charge in [0.25, 0.3) is 6.43 Å². The molecule has 1 aromatic rings. The Kier molecular flexibility index (Phi) is 2.25. The van der Waals surface area contributed by atoms with Gasteiger partial charge in [0.05, 0.1) is 5.41 Å². The van der Waals surface area contributed by atoms with Crippen molar-refractivity contribution < 1.29 is 8.78 Å². The predicted molar refractivity (Wildman–Crippen MR) is 51.0 cm³/mol. The normalized spacial score (nSPS) is 17.4. The Morgan fingerprint density at radius 2 is 1.79 bits per heavy atom. The first-order valence-corrected chi connectivity index (χ1v) is 4.59. The number of benzene rings is 1. The van der Waals surface area contributed by atoms with Crippen molar-refractivity contribution in [2.45, 2.75) is 19.3 Å². The van der Waals surface area contributed by atoms with Crippen LogP contribution in [-0.4, -0.2) is 6.43 Å². The van der Waals surface area contributed by atoms with E-state index in [0.29, 0.717) is 12.8 Å². The Balaban J connectivity index is 2.15. The van der Waals surface area contributed by atoms with E-state index in [9.17, 15) is 8.78 Å². The molecule has 0 spiro atoms. The second kappa shape index (κ2) is 3.42. The van der Waals surface area contributed by atoms with E-state index in [-0.39, 0.29) is 0 Å². The molecule has 2 rings (SSSR count). The van der Waals surface area contributed by atoms with Gasteiger partial charge in [0.1, 0.15) is 0 Å². The first kappa shape index (κ1) is 9.21. The first-order valence-electron chi connectivity index (χ1n) is 4.59. The van der Waals surface area contributed by atoms with Crippen LogP contribution in [-0.2, 0) is 0 Å². The molecule has 0 heterocycles. The molecular formula is C12H10F2. The molecule has 0 bridgehead atoms. The van der Waals surface area contributed by atoms with Gasteiger partial charge < -0.3 is 0 Å². The third kappa shape index (κ3) is 1.77. The SMILES string of the molecule is FC(F)C1(C#Cc2ccccc2)CC1. The monoisotopic (exact) mass is 192 g/mol. The molecule has 1 aliphatic rings. The molecule has 0 aliphatic heterocycles. The Bertz CT molecular complexity index is 366. The Hall–Kier alpha value is -1.36. The van der Waals surface area contributed by atoms with E-state index >= 15 is 0 Å². The van der Waals surface area contributed by atoms with E-state index in [1.165, 1.54) is 0 Å². The molecule has 0 atom stereocenters. The highest BCUT2D eigenvalue weighted by molar-refractivity contribution is 5.37. The number of hydrogen-bond acceptors (Lipinski definition) is 0. The Morgan fingerprint density at radius 3 is 2.29 bits per heavy atom. The second-order valence-corrected chi connectivity index (χ2v) is 3.57. The van der Waals surface area contributed by atoms with Crippen LogP contribution in [0, 0.1) is 17.3 Å². The number of halogens is 2. The molecule has 1 saturated carbocycles. The van der Waals surface area contributed by atoms with Gasteiger partial charge in [-0.25, -0.2) is 8.78 Å². The largest absolute Gasteiger partial charge is 0.254 e. The van der Waals surface area contributed by atoms with E-state index < -0.39 is 11.8 Å². The summed E-state index contributed by atoms with van der Waals surface area (Å²) in [5.74, 6) is 5.48. The van der Waals surface area contributed by atoms with Crippen molar-refractivity contribution in [1.82, 2.24) is 0 Å². The van der Waals surface area contributed by atoms with Crippen LogP contribution < -0.4 is 0 Å². The lowest BCUT2D eigenvalue weighted by molar-refractivity contribution is 0.0921. The number of hydrogen-bond donors (Lipinski definition) is 0. The van der Waals surface area contributed by atoms with Crippen LogP contribution in [0.2, 0.25) is 0 Å². The highest BCUT2D eigenvalue weighted by Crippen LogP contribution is 2.50. The third-order valence-electron chi connectivity index (χ3n) is 2.44. The molecule has 1 aliphatic carbocycles. The van der Waals surface area contributed by atoms with Crippen molar-refractivity contribution >= 4 is 0 Å². The van der Waals surface area contributed by atoms with Gasteiger partial charge in [-0.1, -0.05) is 30.0 Å². The van der Waals surface area contributed by atoms with Gasteiger partial charge in [0.2, 0.25) is 0 Å². The van der Waals surface area contributed by atoms with Crippen LogP contribution >= 0.6 is 0 Å². The maximum absolute atomic E-state index is 12.5. The first-order chi connectivity index (χ1) is 6.73. The van der Waals surface area contributed by atoms with Gasteiger partial charge >= 0.3 is 0 Å². The fourth-order valence-electron chi connectivity index (χ4n) is 1.25. The fourth-order valence-corrected chi connectivity index (χ4v) is 1.25. The zero-order valence-electron chi connectivity index (χ0n) is 7.63. The zero-order chi connectivity index (χ0) is 10.0. The molecule has 14 heavy (non-hydrogen) atoms. The predicted octanol–water partition coefficient (Wildman–Crippen LogP) is 3.08. The summed E-state index contributed by atoms with van der Waals surface area (Å²) in [7, 11) is 0. The smallest absolute Gasteiger partial charge is 0.209 e. The molecule has 0 saturated heterocycles. The molecule has 0 amide bonds. The number of alkyl halides is 2. The summed E-state index contributed by atoms with van der Waals surface area (Å²) in [4.78, 5) is 0. The van der Waals surface area contributed by atoms with Crippen molar-refractivity contribution in [2.75, 3.05) is 0 Å². The van der Waals surface area contributed by atoms with Crippen LogP contribution in [0.1, 0.15) is 18.4 Å². The summed E-state index contributed by atoms with van der Waals surface area (Å²) in [6, 6.07) is 9.24. The third-order valence-corrected chi connectivity index (χ3v) is 2.44. The summed E-state index contributed by atoms with van der Waals surface area (Å²) < 4.78 is 25.0. The van der Waals surface area contributed by atoms with Crippen molar-refractivity contribution in [1.29, 1.82) is 0 Å². The van der Waals surface area contributed by atoms with Crippen LogP contribution in [0.25, 0.3) is 0 Å². The fraction of sp³-hybridized carbons (Fsp3) is 0.333. The average molecular weight is 192 g/mol. The van der Waals surface area contributed by atoms with E-state index in [2.05, 4.69) is 11.8 Å². The van der Waals surface area contributed by atoms with Crippen molar-refractivity contribution in [3.63, 3.8) is 0 Å². The molecule has 72 valence electrons. The quantitative estimate of drug-likeness (QED) is 0.600. The van der Waals surface area contributed by atoms with Gasteiger partial charge in [-0.3, -0.25) is 0 Å². The minimum Gasteiger partial charge on any atom is -0.209 e. The van der Waals surface area contributed by atoms with Crippen LogP contribution in [0.15, 0.2) is 30.3 Å². The highest BCUT2D eigenvalue weighted by atomic mass is 19.3. The van der Waals surface area contributed by atoms with E-state index in [1.54, 1.807) is 0 Å². The summed E-state index contributed by atoms with van der Waals surface area (Å²) in [5, 5.41) is 0. The van der Waals surface area contributed by atoms with Gasteiger partial charge in [-0.05, 0) is 25.0 Å². The lowest BCUT2D eigenvalue weighted by atomic mass is 10.1. The highest BCUT2D eigenvalue weighted by Gasteiger charge is 2.49. The average Bonchev–Trinajstić information content (AvgIpc) is 2.97. The van der Waals surface area contributed by atoms with E-state index in [4.69, 9.17) is 0 Å². The van der Waals surface area contributed by atoms with E-state index in [1.807, 2.05) is 30.3 Å². The molecule has 0 nitrogen and oxygen atoms in total. The summed E-state index contributed by atoms with van der Waals surface area (Å²) in [6.45, 7) is 0. The van der Waals surface area contributed by atoms with Gasteiger partial charge in [-0.15, -0.1) is 0 Å². The molecule has 1 aromatic carbocycles. The van der Waals surface area contributed by atoms with E-state index in [0.717, 1.165) is 5.56 Å². The molecule has 0 aromatic heterocycles. The molecule has 2 heteroatoms. The van der Waals surface area contributed by atoms with Crippen molar-refractivity contribution in [2.24, 2.45) is 5.41 Å². The van der Waals surface area contributed by atoms with Gasteiger partial charge in [0, 0.05) is 5.56 Å². The van der Waals surface area contributed by atoms with Crippen LogP contribution in [0.4, 0.5) is 8.78 Å². The molecule has 0 N–H and O–H groups in total. The minimum absolute atomic E-state index is 0.532. The summed E-state index contributed by atoms with van der Waals surface area (Å²) in [5.41, 5.74) is -0.185. The Labute approximate surface area is 81.9 Å². The summed E-state index contributed by atoms with van der Waals surface area (Å²) in [6.07, 6.45) is -1.24. The lowest BCUT2D eigenvalue weighted by Gasteiger charge is -2.03. The maximum Gasteiger partial charge on any atom is 0.254 e. The van der Waals surface area contributed by atoms with Crippen LogP contribution in [0.3, 0.4) is 0 Å². The number of rotatable bonds is 1. The molecule has 0 unspecified atom stereocenters. The topological polar surface area (TPSA) is 0 Å². The summed E-state index contributed by atoms with van der Waals surface area (Å²) >= 11 is 0. The zero-order valence-corrected chi connectivity index (χ0v) is 7.63. The van der Waals surface area contributed by atoms with Gasteiger partial charge in [-0.2, -0.15) is 0 Å². The van der Waals surface area contributed by atoms with Crippen molar-refractivity contribution in [3.8, 4) is 11.8 Å². The van der Waals surface area contributed by atoms with Crippen LogP contribution in [0.5, 0.6) is 0 Å².